The monoisotopic (exact) mass is 366 g/mol. The summed E-state index contributed by atoms with van der Waals surface area (Å²) in [5, 5.41) is 4.05. The van der Waals surface area contributed by atoms with Crippen molar-refractivity contribution < 1.29 is 4.52 Å². The van der Waals surface area contributed by atoms with Gasteiger partial charge in [-0.05, 0) is 37.8 Å². The van der Waals surface area contributed by atoms with Crippen molar-refractivity contribution in [3.8, 4) is 11.6 Å². The van der Waals surface area contributed by atoms with Gasteiger partial charge in [-0.2, -0.15) is 19.9 Å². The Bertz CT molecular complexity index is 905. The van der Waals surface area contributed by atoms with Crippen LogP contribution < -0.4 is 16.4 Å². The van der Waals surface area contributed by atoms with Crippen LogP contribution in [0.25, 0.3) is 11.6 Å². The standard InChI is InChI=1S/C18H22N8O/c1-26(13-5-3-2-4-6-13)18-23-14(22-17(20)24-18)15-21-16(27-25-15)11-7-9-12(19)10-8-11/h2-6,11-12H,7-10,19H2,1H3,(H2,20,22,23,24). The van der Waals surface area contributed by atoms with Crippen molar-refractivity contribution in [2.24, 2.45) is 5.73 Å². The smallest absolute Gasteiger partial charge is 0.240 e. The van der Waals surface area contributed by atoms with Crippen LogP contribution in [0.3, 0.4) is 0 Å². The van der Waals surface area contributed by atoms with Crippen LogP contribution in [-0.2, 0) is 0 Å². The number of nitrogens with two attached hydrogens (primary N) is 2. The lowest BCUT2D eigenvalue weighted by molar-refractivity contribution is 0.301. The summed E-state index contributed by atoms with van der Waals surface area (Å²) in [6.45, 7) is 0. The van der Waals surface area contributed by atoms with E-state index in [-0.39, 0.29) is 17.9 Å². The van der Waals surface area contributed by atoms with Crippen molar-refractivity contribution in [3.63, 3.8) is 0 Å². The minimum Gasteiger partial charge on any atom is -0.368 e. The van der Waals surface area contributed by atoms with Crippen molar-refractivity contribution >= 4 is 17.6 Å². The molecule has 140 valence electrons. The molecule has 0 bridgehead atoms. The summed E-state index contributed by atoms with van der Waals surface area (Å²) < 4.78 is 5.46. The third-order valence-electron chi connectivity index (χ3n) is 4.85. The molecule has 1 aromatic carbocycles. The fraction of sp³-hybridized carbons (Fsp3) is 0.389. The molecule has 9 heteroatoms. The summed E-state index contributed by atoms with van der Waals surface area (Å²) in [5.41, 5.74) is 12.8. The topological polar surface area (TPSA) is 133 Å². The molecule has 0 amide bonds. The van der Waals surface area contributed by atoms with E-state index in [0.29, 0.717) is 23.5 Å². The lowest BCUT2D eigenvalue weighted by atomic mass is 9.86. The van der Waals surface area contributed by atoms with Gasteiger partial charge in [0.15, 0.2) is 0 Å². The van der Waals surface area contributed by atoms with Gasteiger partial charge in [0.05, 0.1) is 0 Å². The number of anilines is 3. The Kier molecular flexibility index (Phi) is 4.68. The molecule has 9 nitrogen and oxygen atoms in total. The Morgan fingerprint density at radius 1 is 0.963 bits per heavy atom. The number of para-hydroxylation sites is 1. The number of nitrogen functional groups attached to an aromatic ring is 1. The highest BCUT2D eigenvalue weighted by atomic mass is 16.5. The third kappa shape index (κ3) is 3.72. The Hall–Kier alpha value is -3.07. The summed E-state index contributed by atoms with van der Waals surface area (Å²) in [5.74, 6) is 1.97. The van der Waals surface area contributed by atoms with E-state index in [1.807, 2.05) is 42.3 Å². The molecule has 0 aliphatic heterocycles. The van der Waals surface area contributed by atoms with Gasteiger partial charge in [-0.3, -0.25) is 0 Å². The van der Waals surface area contributed by atoms with E-state index >= 15 is 0 Å². The number of hydrogen-bond acceptors (Lipinski definition) is 9. The molecule has 0 spiro atoms. The SMILES string of the molecule is CN(c1ccccc1)c1nc(N)nc(-c2noc(C3CCC(N)CC3)n2)n1. The third-order valence-corrected chi connectivity index (χ3v) is 4.85. The molecule has 0 radical (unpaired) electrons. The van der Waals surface area contributed by atoms with Gasteiger partial charge in [0, 0.05) is 24.7 Å². The zero-order valence-corrected chi connectivity index (χ0v) is 15.1. The van der Waals surface area contributed by atoms with Gasteiger partial charge in [-0.1, -0.05) is 23.4 Å². The number of aromatic nitrogens is 5. The second kappa shape index (κ2) is 7.28. The molecule has 1 aliphatic rings. The van der Waals surface area contributed by atoms with Gasteiger partial charge in [0.25, 0.3) is 0 Å². The van der Waals surface area contributed by atoms with Crippen LogP contribution in [0.4, 0.5) is 17.6 Å². The maximum absolute atomic E-state index is 5.97. The highest BCUT2D eigenvalue weighted by Gasteiger charge is 2.26. The van der Waals surface area contributed by atoms with E-state index < -0.39 is 0 Å². The Balaban J connectivity index is 1.60. The normalized spacial score (nSPS) is 19.8. The highest BCUT2D eigenvalue weighted by Crippen LogP contribution is 2.32. The summed E-state index contributed by atoms with van der Waals surface area (Å²) in [6, 6.07) is 10.0. The summed E-state index contributed by atoms with van der Waals surface area (Å²) in [6.07, 6.45) is 3.83. The van der Waals surface area contributed by atoms with Gasteiger partial charge in [-0.25, -0.2) is 0 Å². The van der Waals surface area contributed by atoms with Crippen LogP contribution >= 0.6 is 0 Å². The molecule has 1 aliphatic carbocycles. The van der Waals surface area contributed by atoms with E-state index in [4.69, 9.17) is 16.0 Å². The van der Waals surface area contributed by atoms with E-state index in [1.165, 1.54) is 0 Å². The van der Waals surface area contributed by atoms with Gasteiger partial charge in [-0.15, -0.1) is 0 Å². The first-order valence-corrected chi connectivity index (χ1v) is 9.00. The fourth-order valence-corrected chi connectivity index (χ4v) is 3.26. The molecule has 0 saturated heterocycles. The molecule has 4 N–H and O–H groups in total. The summed E-state index contributed by atoms with van der Waals surface area (Å²) in [7, 11) is 1.86. The zero-order valence-electron chi connectivity index (χ0n) is 15.1. The second-order valence-electron chi connectivity index (χ2n) is 6.78. The molecule has 2 heterocycles. The summed E-state index contributed by atoms with van der Waals surface area (Å²) >= 11 is 0. The Morgan fingerprint density at radius 3 is 2.44 bits per heavy atom. The first-order chi connectivity index (χ1) is 13.1. The molecule has 1 fully saturated rings. The largest absolute Gasteiger partial charge is 0.368 e. The number of hydrogen-bond donors (Lipinski definition) is 2. The maximum Gasteiger partial charge on any atom is 0.240 e. The van der Waals surface area contributed by atoms with E-state index in [1.54, 1.807) is 0 Å². The predicted molar refractivity (Wildman–Crippen MR) is 101 cm³/mol. The van der Waals surface area contributed by atoms with Crippen molar-refractivity contribution in [2.45, 2.75) is 37.6 Å². The molecule has 3 aromatic rings. The molecule has 4 rings (SSSR count). The first-order valence-electron chi connectivity index (χ1n) is 9.00. The Morgan fingerprint density at radius 2 is 1.70 bits per heavy atom. The van der Waals surface area contributed by atoms with Crippen LogP contribution in [0.15, 0.2) is 34.9 Å². The predicted octanol–water partition coefficient (Wildman–Crippen LogP) is 2.26. The minimum atomic E-state index is 0.104. The molecular weight excluding hydrogens is 344 g/mol. The van der Waals surface area contributed by atoms with E-state index in [9.17, 15) is 0 Å². The van der Waals surface area contributed by atoms with Crippen molar-refractivity contribution in [1.29, 1.82) is 0 Å². The average molecular weight is 366 g/mol. The quantitative estimate of drug-likeness (QED) is 0.713. The van der Waals surface area contributed by atoms with Gasteiger partial charge >= 0.3 is 0 Å². The zero-order chi connectivity index (χ0) is 18.8. The van der Waals surface area contributed by atoms with Crippen molar-refractivity contribution in [3.05, 3.63) is 36.2 Å². The first kappa shape index (κ1) is 17.3. The lowest BCUT2D eigenvalue weighted by Crippen LogP contribution is -2.25. The molecule has 0 unspecified atom stereocenters. The van der Waals surface area contributed by atoms with Crippen LogP contribution in [-0.4, -0.2) is 38.2 Å². The van der Waals surface area contributed by atoms with E-state index in [2.05, 4.69) is 25.1 Å². The van der Waals surface area contributed by atoms with Gasteiger partial charge in [0.1, 0.15) is 0 Å². The lowest BCUT2D eigenvalue weighted by Gasteiger charge is -2.22. The van der Waals surface area contributed by atoms with Crippen LogP contribution in [0, 0.1) is 0 Å². The molecular formula is C18H22N8O. The number of nitrogens with zero attached hydrogens (tertiary/aromatic N) is 6. The minimum absolute atomic E-state index is 0.104. The van der Waals surface area contributed by atoms with Gasteiger partial charge < -0.3 is 20.9 Å². The Labute approximate surface area is 156 Å². The van der Waals surface area contributed by atoms with Crippen LogP contribution in [0.5, 0.6) is 0 Å². The van der Waals surface area contributed by atoms with Crippen LogP contribution in [0.2, 0.25) is 0 Å². The molecule has 27 heavy (non-hydrogen) atoms. The highest BCUT2D eigenvalue weighted by molar-refractivity contribution is 5.58. The van der Waals surface area contributed by atoms with E-state index in [0.717, 1.165) is 31.4 Å². The molecule has 0 atom stereocenters. The average Bonchev–Trinajstić information content (AvgIpc) is 3.18. The summed E-state index contributed by atoms with van der Waals surface area (Å²) in [4.78, 5) is 19.2. The van der Waals surface area contributed by atoms with Crippen molar-refractivity contribution in [1.82, 2.24) is 25.1 Å². The van der Waals surface area contributed by atoms with Crippen molar-refractivity contribution in [2.75, 3.05) is 17.7 Å². The number of rotatable bonds is 4. The second-order valence-corrected chi connectivity index (χ2v) is 6.78. The fourth-order valence-electron chi connectivity index (χ4n) is 3.26. The maximum atomic E-state index is 5.97. The number of benzene rings is 1. The molecule has 2 aromatic heterocycles. The van der Waals surface area contributed by atoms with Crippen LogP contribution in [0.1, 0.15) is 37.5 Å². The van der Waals surface area contributed by atoms with Gasteiger partial charge in [0.2, 0.25) is 29.4 Å². The molecule has 1 saturated carbocycles.